The second-order valence-corrected chi connectivity index (χ2v) is 5.65. The number of thiazole rings is 1. The number of nitrogens with zero attached hydrogens (tertiary/aromatic N) is 2. The van der Waals surface area contributed by atoms with Crippen molar-refractivity contribution in [3.05, 3.63) is 58.4 Å². The van der Waals surface area contributed by atoms with Gasteiger partial charge in [0.15, 0.2) is 4.96 Å². The summed E-state index contributed by atoms with van der Waals surface area (Å²) in [5.41, 5.74) is 3.85. The van der Waals surface area contributed by atoms with Crippen molar-refractivity contribution in [1.29, 1.82) is 0 Å². The monoisotopic (exact) mass is 285 g/mol. The van der Waals surface area contributed by atoms with Crippen LogP contribution in [-0.2, 0) is 6.54 Å². The highest BCUT2D eigenvalue weighted by Crippen LogP contribution is 2.15. The number of nitrogens with one attached hydrogen (secondary N) is 1. The van der Waals surface area contributed by atoms with Crippen LogP contribution in [-0.4, -0.2) is 15.3 Å². The highest BCUT2D eigenvalue weighted by molar-refractivity contribution is 7.15. The standard InChI is InChI=1S/C15H15N3OS/c1-10-3-5-12(6-4-10)14(19)16-7-13-8-18-11(2)9-20-15(18)17-13/h3-6,8-9H,7H2,1-2H3,(H,16,19). The SMILES string of the molecule is Cc1ccc(C(=O)NCc2cn3c(C)csc3n2)cc1. The van der Waals surface area contributed by atoms with Gasteiger partial charge < -0.3 is 5.32 Å². The number of hydrogen-bond acceptors (Lipinski definition) is 3. The number of benzene rings is 1. The van der Waals surface area contributed by atoms with E-state index in [1.165, 1.54) is 0 Å². The number of hydrogen-bond donors (Lipinski definition) is 1. The Morgan fingerprint density at radius 3 is 2.75 bits per heavy atom. The molecular weight excluding hydrogens is 270 g/mol. The Morgan fingerprint density at radius 1 is 1.30 bits per heavy atom. The molecule has 3 rings (SSSR count). The van der Waals surface area contributed by atoms with Crippen molar-refractivity contribution < 1.29 is 4.79 Å². The van der Waals surface area contributed by atoms with Gasteiger partial charge in [-0.2, -0.15) is 0 Å². The molecule has 3 aromatic rings. The van der Waals surface area contributed by atoms with Crippen LogP contribution >= 0.6 is 11.3 Å². The first-order chi connectivity index (χ1) is 9.63. The van der Waals surface area contributed by atoms with E-state index in [0.29, 0.717) is 12.1 Å². The molecule has 0 spiro atoms. The molecule has 0 atom stereocenters. The fraction of sp³-hybridized carbons (Fsp3) is 0.200. The number of aromatic nitrogens is 2. The third-order valence-electron chi connectivity index (χ3n) is 3.18. The lowest BCUT2D eigenvalue weighted by Crippen LogP contribution is -2.22. The fourth-order valence-corrected chi connectivity index (χ4v) is 2.87. The molecule has 0 fully saturated rings. The number of fused-ring (bicyclic) bond motifs is 1. The van der Waals surface area contributed by atoms with Crippen molar-refractivity contribution in [1.82, 2.24) is 14.7 Å². The lowest BCUT2D eigenvalue weighted by Gasteiger charge is -2.03. The quantitative estimate of drug-likeness (QED) is 0.804. The second kappa shape index (κ2) is 5.09. The molecular formula is C15H15N3OS. The van der Waals surface area contributed by atoms with E-state index in [9.17, 15) is 4.79 Å². The molecule has 2 heterocycles. The van der Waals surface area contributed by atoms with E-state index >= 15 is 0 Å². The summed E-state index contributed by atoms with van der Waals surface area (Å²) in [4.78, 5) is 17.4. The van der Waals surface area contributed by atoms with E-state index in [-0.39, 0.29) is 5.91 Å². The molecule has 0 bridgehead atoms. The summed E-state index contributed by atoms with van der Waals surface area (Å²) in [6.45, 7) is 4.49. The van der Waals surface area contributed by atoms with Crippen molar-refractivity contribution >= 4 is 22.2 Å². The molecule has 1 N–H and O–H groups in total. The number of imidazole rings is 1. The molecule has 4 nitrogen and oxygen atoms in total. The Kier molecular flexibility index (Phi) is 3.28. The maximum absolute atomic E-state index is 12.0. The first-order valence-corrected chi connectivity index (χ1v) is 7.28. The molecule has 0 aliphatic heterocycles. The first-order valence-electron chi connectivity index (χ1n) is 6.40. The van der Waals surface area contributed by atoms with Gasteiger partial charge in [0.25, 0.3) is 5.91 Å². The van der Waals surface area contributed by atoms with Crippen LogP contribution in [0.2, 0.25) is 0 Å². The molecule has 1 amide bonds. The molecule has 0 saturated carbocycles. The normalized spacial score (nSPS) is 10.9. The largest absolute Gasteiger partial charge is 0.346 e. The summed E-state index contributed by atoms with van der Waals surface area (Å²) < 4.78 is 2.04. The number of carbonyl (C=O) groups excluding carboxylic acids is 1. The molecule has 0 unspecified atom stereocenters. The Hall–Kier alpha value is -2.14. The summed E-state index contributed by atoms with van der Waals surface area (Å²) in [5, 5.41) is 4.96. The van der Waals surface area contributed by atoms with Crippen LogP contribution in [0.1, 0.15) is 27.3 Å². The van der Waals surface area contributed by atoms with E-state index in [1.807, 2.05) is 48.7 Å². The lowest BCUT2D eigenvalue weighted by molar-refractivity contribution is 0.0950. The van der Waals surface area contributed by atoms with Crippen LogP contribution in [0.5, 0.6) is 0 Å². The number of rotatable bonds is 3. The van der Waals surface area contributed by atoms with Gasteiger partial charge in [-0.1, -0.05) is 17.7 Å². The summed E-state index contributed by atoms with van der Waals surface area (Å²) >= 11 is 1.61. The van der Waals surface area contributed by atoms with E-state index in [4.69, 9.17) is 0 Å². The minimum absolute atomic E-state index is 0.0712. The molecule has 0 radical (unpaired) electrons. The average molecular weight is 285 g/mol. The molecule has 1 aromatic carbocycles. The highest BCUT2D eigenvalue weighted by atomic mass is 32.1. The van der Waals surface area contributed by atoms with E-state index in [2.05, 4.69) is 15.7 Å². The molecule has 2 aromatic heterocycles. The third kappa shape index (κ3) is 2.44. The minimum atomic E-state index is -0.0712. The van der Waals surface area contributed by atoms with Crippen molar-refractivity contribution in [2.75, 3.05) is 0 Å². The Labute approximate surface area is 121 Å². The number of amides is 1. The smallest absolute Gasteiger partial charge is 0.251 e. The van der Waals surface area contributed by atoms with Crippen molar-refractivity contribution in [2.45, 2.75) is 20.4 Å². The predicted octanol–water partition coefficient (Wildman–Crippen LogP) is 2.94. The van der Waals surface area contributed by atoms with E-state index in [0.717, 1.165) is 21.9 Å². The predicted molar refractivity (Wildman–Crippen MR) is 80.2 cm³/mol. The van der Waals surface area contributed by atoms with Gasteiger partial charge in [-0.25, -0.2) is 4.98 Å². The number of carbonyl (C=O) groups is 1. The zero-order chi connectivity index (χ0) is 14.1. The van der Waals surface area contributed by atoms with Crippen molar-refractivity contribution in [3.63, 3.8) is 0 Å². The lowest BCUT2D eigenvalue weighted by atomic mass is 10.1. The Bertz CT molecular complexity index is 755. The Balaban J connectivity index is 1.69. The second-order valence-electron chi connectivity index (χ2n) is 4.81. The molecule has 0 aliphatic carbocycles. The molecule has 102 valence electrons. The van der Waals surface area contributed by atoms with Gasteiger partial charge in [0.05, 0.1) is 12.2 Å². The van der Waals surface area contributed by atoms with Gasteiger partial charge in [-0.15, -0.1) is 11.3 Å². The van der Waals surface area contributed by atoms with Gasteiger partial charge in [0.1, 0.15) is 0 Å². The highest BCUT2D eigenvalue weighted by Gasteiger charge is 2.08. The van der Waals surface area contributed by atoms with Gasteiger partial charge in [0, 0.05) is 22.8 Å². The summed E-state index contributed by atoms with van der Waals surface area (Å²) in [6, 6.07) is 7.54. The fourth-order valence-electron chi connectivity index (χ4n) is 2.00. The maximum Gasteiger partial charge on any atom is 0.251 e. The molecule has 5 heteroatoms. The molecule has 0 aliphatic rings. The maximum atomic E-state index is 12.0. The van der Waals surface area contributed by atoms with Gasteiger partial charge in [0.2, 0.25) is 0 Å². The van der Waals surface area contributed by atoms with Crippen LogP contribution in [0, 0.1) is 13.8 Å². The topological polar surface area (TPSA) is 46.4 Å². The first kappa shape index (κ1) is 12.9. The summed E-state index contributed by atoms with van der Waals surface area (Å²) in [6.07, 6.45) is 1.97. The van der Waals surface area contributed by atoms with Crippen LogP contribution in [0.15, 0.2) is 35.8 Å². The zero-order valence-corrected chi connectivity index (χ0v) is 12.2. The van der Waals surface area contributed by atoms with Crippen LogP contribution in [0.3, 0.4) is 0 Å². The third-order valence-corrected chi connectivity index (χ3v) is 4.14. The molecule has 0 saturated heterocycles. The molecule has 20 heavy (non-hydrogen) atoms. The van der Waals surface area contributed by atoms with E-state index in [1.54, 1.807) is 11.3 Å². The van der Waals surface area contributed by atoms with Gasteiger partial charge in [-0.3, -0.25) is 9.20 Å². The Morgan fingerprint density at radius 2 is 2.05 bits per heavy atom. The van der Waals surface area contributed by atoms with Crippen molar-refractivity contribution in [3.8, 4) is 0 Å². The van der Waals surface area contributed by atoms with E-state index < -0.39 is 0 Å². The minimum Gasteiger partial charge on any atom is -0.346 e. The number of aryl methyl sites for hydroxylation is 2. The zero-order valence-electron chi connectivity index (χ0n) is 11.4. The van der Waals surface area contributed by atoms with Gasteiger partial charge in [-0.05, 0) is 26.0 Å². The average Bonchev–Trinajstić information content (AvgIpc) is 2.99. The van der Waals surface area contributed by atoms with Crippen molar-refractivity contribution in [2.24, 2.45) is 0 Å². The summed E-state index contributed by atoms with van der Waals surface area (Å²) in [7, 11) is 0. The van der Waals surface area contributed by atoms with Crippen LogP contribution in [0.25, 0.3) is 4.96 Å². The van der Waals surface area contributed by atoms with Crippen LogP contribution < -0.4 is 5.32 Å². The van der Waals surface area contributed by atoms with Crippen LogP contribution in [0.4, 0.5) is 0 Å². The van der Waals surface area contributed by atoms with Gasteiger partial charge >= 0.3 is 0 Å². The summed E-state index contributed by atoms with van der Waals surface area (Å²) in [5.74, 6) is -0.0712.